The molecule has 0 aliphatic heterocycles. The fourth-order valence-corrected chi connectivity index (χ4v) is 6.90. The molecule has 2 aromatic heterocycles. The molecule has 2 heterocycles. The van der Waals surface area contributed by atoms with Crippen LogP contribution in [0.25, 0.3) is 22.5 Å². The van der Waals surface area contributed by atoms with E-state index in [2.05, 4.69) is 71.7 Å². The molecule has 2 amide bonds. The van der Waals surface area contributed by atoms with E-state index in [-0.39, 0.29) is 0 Å². The molecular weight excluding hydrogens is 659 g/mol. The molecule has 0 fully saturated rings. The molecule has 9 heteroatoms. The molecule has 5 aromatic carbocycles. The van der Waals surface area contributed by atoms with Crippen molar-refractivity contribution in [2.24, 2.45) is 5.73 Å². The fraction of sp³-hybridized carbons (Fsp3) is 0.159. The molecule has 9 nitrogen and oxygen atoms in total. The molecule has 7 rings (SSSR count). The van der Waals surface area contributed by atoms with Crippen LogP contribution in [0, 0.1) is 13.8 Å². The number of pyridine rings is 1. The van der Waals surface area contributed by atoms with E-state index >= 15 is 0 Å². The number of urea groups is 1. The number of primary amides is 1. The van der Waals surface area contributed by atoms with Gasteiger partial charge in [0.15, 0.2) is 5.54 Å². The SMILES string of the molecule is CCN(Cc1c(OCc2ccc(-c3ccccc3-c3nnn(C(c4ccccc4)(c4ccccc4)c4ccccc4)n3)cc2)cc(C)nc1C)C(N)=O. The number of nitrogens with zero attached hydrogens (tertiary/aromatic N) is 6. The van der Waals surface area contributed by atoms with E-state index in [4.69, 9.17) is 25.9 Å². The number of nitrogens with two attached hydrogens (primary N) is 1. The minimum atomic E-state index is -0.869. The summed E-state index contributed by atoms with van der Waals surface area (Å²) in [6.45, 7) is 6.92. The number of carbonyl (C=O) groups excluding carboxylic acids is 1. The van der Waals surface area contributed by atoms with Crippen molar-refractivity contribution < 1.29 is 9.53 Å². The van der Waals surface area contributed by atoms with Crippen LogP contribution in [-0.4, -0.2) is 42.7 Å². The number of aryl methyl sites for hydroxylation is 2. The van der Waals surface area contributed by atoms with E-state index in [0.29, 0.717) is 31.3 Å². The first kappa shape index (κ1) is 34.8. The van der Waals surface area contributed by atoms with Gasteiger partial charge in [-0.2, -0.15) is 0 Å². The smallest absolute Gasteiger partial charge is 0.315 e. The monoisotopic (exact) mass is 699 g/mol. The second-order valence-corrected chi connectivity index (χ2v) is 12.9. The fourth-order valence-electron chi connectivity index (χ4n) is 6.90. The highest BCUT2D eigenvalue weighted by molar-refractivity contribution is 5.80. The van der Waals surface area contributed by atoms with Crippen LogP contribution in [0.15, 0.2) is 146 Å². The average Bonchev–Trinajstić information content (AvgIpc) is 3.69. The standard InChI is InChI=1S/C44H41N7O2/c1-4-50(43(45)52)29-40-32(3)46-31(2)28-41(40)53-30-33-24-26-34(27-25-33)38-22-14-15-23-39(38)42-47-49-51(48-42)44(35-16-8-5-9-17-35,36-18-10-6-11-19-36)37-20-12-7-13-21-37/h5-28H,4,29-30H2,1-3H3,(H2,45,52). The van der Waals surface area contributed by atoms with Gasteiger partial charge in [0, 0.05) is 35.1 Å². The molecule has 0 unspecified atom stereocenters. The van der Waals surface area contributed by atoms with Crippen molar-refractivity contribution in [2.45, 2.75) is 39.5 Å². The number of amides is 2. The van der Waals surface area contributed by atoms with Crippen LogP contribution in [0.4, 0.5) is 4.79 Å². The number of hydrogen-bond donors (Lipinski definition) is 1. The molecule has 0 atom stereocenters. The second-order valence-electron chi connectivity index (χ2n) is 12.9. The Kier molecular flexibility index (Phi) is 10.1. The minimum Gasteiger partial charge on any atom is -0.488 e. The highest BCUT2D eigenvalue weighted by Crippen LogP contribution is 2.40. The van der Waals surface area contributed by atoms with Gasteiger partial charge in [-0.05, 0) is 59.4 Å². The molecule has 0 radical (unpaired) electrons. The normalized spacial score (nSPS) is 11.3. The number of aromatic nitrogens is 5. The maximum absolute atomic E-state index is 12.0. The number of hydrogen-bond acceptors (Lipinski definition) is 6. The van der Waals surface area contributed by atoms with Crippen molar-refractivity contribution in [3.63, 3.8) is 0 Å². The molecule has 0 saturated heterocycles. The minimum absolute atomic E-state index is 0.331. The summed E-state index contributed by atoms with van der Waals surface area (Å²) in [5.41, 5.74) is 14.2. The third kappa shape index (κ3) is 7.01. The van der Waals surface area contributed by atoms with E-state index in [1.54, 1.807) is 9.70 Å². The van der Waals surface area contributed by atoms with E-state index in [1.807, 2.05) is 99.6 Å². The second kappa shape index (κ2) is 15.3. The van der Waals surface area contributed by atoms with Crippen molar-refractivity contribution >= 4 is 6.03 Å². The lowest BCUT2D eigenvalue weighted by atomic mass is 9.77. The van der Waals surface area contributed by atoms with Gasteiger partial charge in [0.2, 0.25) is 5.82 Å². The summed E-state index contributed by atoms with van der Waals surface area (Å²) < 4.78 is 6.34. The molecule has 0 bridgehead atoms. The van der Waals surface area contributed by atoms with Gasteiger partial charge in [-0.25, -0.2) is 4.79 Å². The highest BCUT2D eigenvalue weighted by Gasteiger charge is 2.41. The van der Waals surface area contributed by atoms with E-state index in [0.717, 1.165) is 55.9 Å². The summed E-state index contributed by atoms with van der Waals surface area (Å²) in [5.74, 6) is 1.21. The summed E-state index contributed by atoms with van der Waals surface area (Å²) in [4.78, 5) is 19.9. The number of rotatable bonds is 12. The molecule has 2 N–H and O–H groups in total. The Balaban J connectivity index is 1.21. The number of tetrazole rings is 1. The number of ether oxygens (including phenoxy) is 1. The molecule has 53 heavy (non-hydrogen) atoms. The Hall–Kier alpha value is -6.61. The lowest BCUT2D eigenvalue weighted by Crippen LogP contribution is -2.39. The van der Waals surface area contributed by atoms with Crippen molar-refractivity contribution in [3.8, 4) is 28.3 Å². The van der Waals surface area contributed by atoms with E-state index in [9.17, 15) is 4.79 Å². The third-order valence-electron chi connectivity index (χ3n) is 9.58. The number of benzene rings is 5. The maximum Gasteiger partial charge on any atom is 0.315 e. The quantitative estimate of drug-likeness (QED) is 0.128. The van der Waals surface area contributed by atoms with Crippen molar-refractivity contribution in [1.29, 1.82) is 0 Å². The zero-order valence-electron chi connectivity index (χ0n) is 30.1. The Bertz CT molecular complexity index is 2210. The van der Waals surface area contributed by atoms with Gasteiger partial charge < -0.3 is 15.4 Å². The lowest BCUT2D eigenvalue weighted by molar-refractivity contribution is 0.206. The van der Waals surface area contributed by atoms with Crippen molar-refractivity contribution in [2.75, 3.05) is 6.54 Å². The summed E-state index contributed by atoms with van der Waals surface area (Å²) >= 11 is 0. The molecule has 0 aliphatic carbocycles. The van der Waals surface area contributed by atoms with Crippen LogP contribution in [0.5, 0.6) is 5.75 Å². The van der Waals surface area contributed by atoms with Gasteiger partial charge in [0.25, 0.3) is 0 Å². The van der Waals surface area contributed by atoms with Crippen molar-refractivity contribution in [3.05, 3.63) is 185 Å². The zero-order valence-corrected chi connectivity index (χ0v) is 30.1. The Morgan fingerprint density at radius 1 is 0.755 bits per heavy atom. The third-order valence-corrected chi connectivity index (χ3v) is 9.58. The van der Waals surface area contributed by atoms with Gasteiger partial charge in [-0.1, -0.05) is 140 Å². The van der Waals surface area contributed by atoms with Gasteiger partial charge in [0.05, 0.1) is 6.54 Å². The predicted octanol–water partition coefficient (Wildman–Crippen LogP) is 8.34. The van der Waals surface area contributed by atoms with Crippen LogP contribution >= 0.6 is 0 Å². The number of carbonyl (C=O) groups is 1. The van der Waals surface area contributed by atoms with E-state index < -0.39 is 11.6 Å². The zero-order chi connectivity index (χ0) is 36.8. The molecular formula is C44H41N7O2. The highest BCUT2D eigenvalue weighted by atomic mass is 16.5. The van der Waals surface area contributed by atoms with Crippen LogP contribution in [0.3, 0.4) is 0 Å². The van der Waals surface area contributed by atoms with Gasteiger partial charge in [0.1, 0.15) is 12.4 Å². The summed E-state index contributed by atoms with van der Waals surface area (Å²) in [6, 6.07) is 48.8. The summed E-state index contributed by atoms with van der Waals surface area (Å²) in [7, 11) is 0. The summed E-state index contributed by atoms with van der Waals surface area (Å²) in [6.07, 6.45) is 0. The Morgan fingerprint density at radius 2 is 1.30 bits per heavy atom. The predicted molar refractivity (Wildman–Crippen MR) is 207 cm³/mol. The Labute approximate surface area is 309 Å². The summed E-state index contributed by atoms with van der Waals surface area (Å²) in [5, 5.41) is 14.6. The van der Waals surface area contributed by atoms with Crippen LogP contribution in [-0.2, 0) is 18.7 Å². The largest absolute Gasteiger partial charge is 0.488 e. The van der Waals surface area contributed by atoms with Crippen LogP contribution in [0.1, 0.15) is 46.1 Å². The first-order chi connectivity index (χ1) is 25.9. The molecule has 264 valence electrons. The van der Waals surface area contributed by atoms with Gasteiger partial charge >= 0.3 is 6.03 Å². The van der Waals surface area contributed by atoms with E-state index in [1.165, 1.54) is 0 Å². The molecule has 7 aromatic rings. The first-order valence-corrected chi connectivity index (χ1v) is 17.7. The van der Waals surface area contributed by atoms with Crippen LogP contribution in [0.2, 0.25) is 0 Å². The molecule has 0 aliphatic rings. The maximum atomic E-state index is 12.0. The average molecular weight is 700 g/mol. The van der Waals surface area contributed by atoms with Gasteiger partial charge in [-0.3, -0.25) is 4.98 Å². The first-order valence-electron chi connectivity index (χ1n) is 17.7. The van der Waals surface area contributed by atoms with Gasteiger partial charge in [-0.15, -0.1) is 15.0 Å². The van der Waals surface area contributed by atoms with Crippen molar-refractivity contribution in [1.82, 2.24) is 30.1 Å². The molecule has 0 saturated carbocycles. The van der Waals surface area contributed by atoms with Crippen LogP contribution < -0.4 is 10.5 Å². The lowest BCUT2D eigenvalue weighted by Gasteiger charge is -2.34. The topological polar surface area (TPSA) is 112 Å². The molecule has 0 spiro atoms. The Morgan fingerprint density at radius 3 is 1.85 bits per heavy atom.